The van der Waals surface area contributed by atoms with Crippen molar-refractivity contribution in [3.8, 4) is 11.5 Å². The molecule has 1 aromatic heterocycles. The van der Waals surface area contributed by atoms with Crippen LogP contribution in [0.2, 0.25) is 0 Å². The molecule has 0 saturated carbocycles. The Morgan fingerprint density at radius 1 is 1.33 bits per heavy atom. The van der Waals surface area contributed by atoms with Gasteiger partial charge in [-0.15, -0.1) is 11.3 Å². The monoisotopic (exact) mass is 303 g/mol. The van der Waals surface area contributed by atoms with Gasteiger partial charge in [-0.25, -0.2) is 0 Å². The number of ether oxygens (including phenoxy) is 2. The highest BCUT2D eigenvalue weighted by Gasteiger charge is 2.29. The van der Waals surface area contributed by atoms with Crippen molar-refractivity contribution in [1.82, 2.24) is 4.90 Å². The number of thiophene rings is 1. The Bertz CT molecular complexity index is 652. The van der Waals surface area contributed by atoms with E-state index in [0.717, 1.165) is 0 Å². The van der Waals surface area contributed by atoms with E-state index in [-0.39, 0.29) is 12.5 Å². The highest BCUT2D eigenvalue weighted by molar-refractivity contribution is 7.10. The molecule has 3 rings (SSSR count). The number of carbonyl (C=O) groups excluding carboxylic acids is 1. The first-order valence-corrected chi connectivity index (χ1v) is 7.69. The zero-order valence-corrected chi connectivity index (χ0v) is 12.9. The smallest absolute Gasteiger partial charge is 0.267 e. The molecule has 0 spiro atoms. The second kappa shape index (κ2) is 5.77. The minimum Gasteiger partial charge on any atom is -0.485 e. The van der Waals surface area contributed by atoms with Gasteiger partial charge in [0.2, 0.25) is 6.10 Å². The largest absolute Gasteiger partial charge is 0.485 e. The Morgan fingerprint density at radius 3 is 2.81 bits per heavy atom. The summed E-state index contributed by atoms with van der Waals surface area (Å²) in [7, 11) is 1.80. The van der Waals surface area contributed by atoms with E-state index in [4.69, 9.17) is 9.47 Å². The molecule has 0 radical (unpaired) electrons. The molecule has 2 aromatic rings. The maximum Gasteiger partial charge on any atom is 0.267 e. The molecular formula is C16H17NO3S. The van der Waals surface area contributed by atoms with Gasteiger partial charge in [-0.05, 0) is 36.1 Å². The van der Waals surface area contributed by atoms with Gasteiger partial charge in [0.1, 0.15) is 6.61 Å². The van der Waals surface area contributed by atoms with Gasteiger partial charge >= 0.3 is 0 Å². The van der Waals surface area contributed by atoms with E-state index in [2.05, 4.69) is 13.0 Å². The van der Waals surface area contributed by atoms with Gasteiger partial charge in [-0.1, -0.05) is 12.1 Å². The van der Waals surface area contributed by atoms with E-state index in [1.54, 1.807) is 23.3 Å². The molecule has 2 heterocycles. The Balaban J connectivity index is 1.67. The van der Waals surface area contributed by atoms with E-state index in [9.17, 15) is 4.79 Å². The van der Waals surface area contributed by atoms with Crippen LogP contribution in [-0.4, -0.2) is 30.6 Å². The normalized spacial score (nSPS) is 16.6. The van der Waals surface area contributed by atoms with E-state index < -0.39 is 6.10 Å². The van der Waals surface area contributed by atoms with Gasteiger partial charge < -0.3 is 14.4 Å². The molecule has 1 atom stereocenters. The van der Waals surface area contributed by atoms with Crippen LogP contribution in [0.3, 0.4) is 0 Å². The Kier molecular flexibility index (Phi) is 3.84. The quantitative estimate of drug-likeness (QED) is 0.875. The predicted octanol–water partition coefficient (Wildman–Crippen LogP) is 2.85. The van der Waals surface area contributed by atoms with Crippen molar-refractivity contribution >= 4 is 17.2 Å². The highest BCUT2D eigenvalue weighted by Crippen LogP contribution is 2.31. The Labute approximate surface area is 127 Å². The Morgan fingerprint density at radius 2 is 2.10 bits per heavy atom. The number of aryl methyl sites for hydroxylation is 1. The van der Waals surface area contributed by atoms with Gasteiger partial charge in [-0.3, -0.25) is 4.79 Å². The van der Waals surface area contributed by atoms with Crippen molar-refractivity contribution in [2.75, 3.05) is 13.7 Å². The minimum absolute atomic E-state index is 0.0581. The lowest BCUT2D eigenvalue weighted by Gasteiger charge is -2.28. The lowest BCUT2D eigenvalue weighted by molar-refractivity contribution is -0.140. The SMILES string of the molecule is Cc1ccsc1CN(C)C(=O)C1COc2ccccc2O1. The van der Waals surface area contributed by atoms with Crippen molar-refractivity contribution in [2.24, 2.45) is 0 Å². The molecule has 1 aromatic carbocycles. The summed E-state index contributed by atoms with van der Waals surface area (Å²) in [5.41, 5.74) is 1.21. The molecule has 1 aliphatic rings. The third kappa shape index (κ3) is 2.88. The third-order valence-corrected chi connectivity index (χ3v) is 4.52. The van der Waals surface area contributed by atoms with Crippen molar-refractivity contribution in [3.63, 3.8) is 0 Å². The fourth-order valence-electron chi connectivity index (χ4n) is 2.25. The fraction of sp³-hybridized carbons (Fsp3) is 0.312. The number of rotatable bonds is 3. The third-order valence-electron chi connectivity index (χ3n) is 3.51. The maximum absolute atomic E-state index is 12.5. The molecule has 1 amide bonds. The number of amides is 1. The molecule has 110 valence electrons. The summed E-state index contributed by atoms with van der Waals surface area (Å²) in [6.07, 6.45) is -0.579. The van der Waals surface area contributed by atoms with Crippen LogP contribution in [0.5, 0.6) is 11.5 Å². The summed E-state index contributed by atoms with van der Waals surface area (Å²) in [5.74, 6) is 1.26. The number of hydrogen-bond donors (Lipinski definition) is 0. The number of hydrogen-bond acceptors (Lipinski definition) is 4. The molecule has 0 N–H and O–H groups in total. The lowest BCUT2D eigenvalue weighted by atomic mass is 10.2. The van der Waals surface area contributed by atoms with E-state index >= 15 is 0 Å². The summed E-state index contributed by atoms with van der Waals surface area (Å²) in [4.78, 5) is 15.4. The number of fused-ring (bicyclic) bond motifs is 1. The first-order valence-electron chi connectivity index (χ1n) is 6.81. The molecule has 1 aliphatic heterocycles. The molecule has 21 heavy (non-hydrogen) atoms. The number of para-hydroxylation sites is 2. The zero-order chi connectivity index (χ0) is 14.8. The van der Waals surface area contributed by atoms with Crippen LogP contribution in [0.4, 0.5) is 0 Å². The van der Waals surface area contributed by atoms with Crippen molar-refractivity contribution in [3.05, 3.63) is 46.2 Å². The molecule has 0 aliphatic carbocycles. The lowest BCUT2D eigenvalue weighted by Crippen LogP contribution is -2.44. The second-order valence-electron chi connectivity index (χ2n) is 5.09. The summed E-state index contributed by atoms with van der Waals surface area (Å²) in [6.45, 7) is 2.91. The van der Waals surface area contributed by atoms with Gasteiger partial charge in [0, 0.05) is 11.9 Å². The maximum atomic E-state index is 12.5. The molecule has 0 fully saturated rings. The van der Waals surface area contributed by atoms with Crippen LogP contribution in [0.25, 0.3) is 0 Å². The summed E-state index contributed by atoms with van der Waals surface area (Å²) in [5, 5.41) is 2.04. The molecular weight excluding hydrogens is 286 g/mol. The van der Waals surface area contributed by atoms with Crippen LogP contribution in [0.15, 0.2) is 35.7 Å². The predicted molar refractivity (Wildman–Crippen MR) is 81.9 cm³/mol. The fourth-order valence-corrected chi connectivity index (χ4v) is 3.20. The molecule has 0 saturated heterocycles. The molecule has 4 nitrogen and oxygen atoms in total. The highest BCUT2D eigenvalue weighted by atomic mass is 32.1. The van der Waals surface area contributed by atoms with Gasteiger partial charge in [0.15, 0.2) is 11.5 Å². The van der Waals surface area contributed by atoms with E-state index in [1.165, 1.54) is 10.4 Å². The number of carbonyl (C=O) groups is 1. The second-order valence-corrected chi connectivity index (χ2v) is 6.09. The Hall–Kier alpha value is -2.01. The van der Waals surface area contributed by atoms with Crippen LogP contribution in [0.1, 0.15) is 10.4 Å². The summed E-state index contributed by atoms with van der Waals surface area (Å²) >= 11 is 1.66. The van der Waals surface area contributed by atoms with Crippen LogP contribution in [-0.2, 0) is 11.3 Å². The first-order chi connectivity index (χ1) is 10.1. The summed E-state index contributed by atoms with van der Waals surface area (Å²) in [6, 6.07) is 9.48. The van der Waals surface area contributed by atoms with Crippen molar-refractivity contribution in [2.45, 2.75) is 19.6 Å². The van der Waals surface area contributed by atoms with Crippen molar-refractivity contribution < 1.29 is 14.3 Å². The molecule has 0 bridgehead atoms. The standard InChI is InChI=1S/C16H17NO3S/c1-11-7-8-21-15(11)9-17(2)16(18)14-10-19-12-5-3-4-6-13(12)20-14/h3-8,14H,9-10H2,1-2H3. The van der Waals surface area contributed by atoms with E-state index in [1.807, 2.05) is 29.6 Å². The van der Waals surface area contributed by atoms with E-state index in [0.29, 0.717) is 18.0 Å². The average Bonchev–Trinajstić information content (AvgIpc) is 2.91. The van der Waals surface area contributed by atoms with Gasteiger partial charge in [0.05, 0.1) is 6.54 Å². The zero-order valence-electron chi connectivity index (χ0n) is 12.0. The molecule has 5 heteroatoms. The number of likely N-dealkylation sites (N-methyl/N-ethyl adjacent to an activating group) is 1. The van der Waals surface area contributed by atoms with Crippen LogP contribution >= 0.6 is 11.3 Å². The number of benzene rings is 1. The van der Waals surface area contributed by atoms with Crippen molar-refractivity contribution in [1.29, 1.82) is 0 Å². The van der Waals surface area contributed by atoms with Crippen LogP contribution < -0.4 is 9.47 Å². The van der Waals surface area contributed by atoms with Gasteiger partial charge in [-0.2, -0.15) is 0 Å². The number of nitrogens with zero attached hydrogens (tertiary/aromatic N) is 1. The van der Waals surface area contributed by atoms with Gasteiger partial charge in [0.25, 0.3) is 5.91 Å². The topological polar surface area (TPSA) is 38.8 Å². The van der Waals surface area contributed by atoms with Crippen LogP contribution in [0, 0.1) is 6.92 Å². The molecule has 1 unspecified atom stereocenters. The summed E-state index contributed by atoms with van der Waals surface area (Å²) < 4.78 is 11.3. The minimum atomic E-state index is -0.579. The average molecular weight is 303 g/mol. The first kappa shape index (κ1) is 13.9.